The maximum absolute atomic E-state index is 11.8. The Labute approximate surface area is 105 Å². The molecular weight excluding hydrogens is 228 g/mol. The van der Waals surface area contributed by atoms with E-state index in [0.717, 1.165) is 0 Å². The fourth-order valence-corrected chi connectivity index (χ4v) is 5.35. The Morgan fingerprint density at radius 3 is 2.12 bits per heavy atom. The molecule has 94 valence electrons. The van der Waals surface area contributed by atoms with Gasteiger partial charge >= 0.3 is 5.97 Å². The van der Waals surface area contributed by atoms with E-state index < -0.39 is 8.07 Å². The van der Waals surface area contributed by atoms with Crippen LogP contribution in [0, 0.1) is 5.92 Å². The highest BCUT2D eigenvalue weighted by molar-refractivity contribution is 6.77. The Morgan fingerprint density at radius 1 is 1.18 bits per heavy atom. The van der Waals surface area contributed by atoms with Crippen LogP contribution < -0.4 is 0 Å². The maximum atomic E-state index is 11.8. The van der Waals surface area contributed by atoms with Gasteiger partial charge in [0.15, 0.2) is 0 Å². The molecule has 0 saturated carbocycles. The largest absolute Gasteiger partial charge is 0.469 e. The third kappa shape index (κ3) is 3.43. The Bertz CT molecular complexity index is 368. The number of ether oxygens (including phenoxy) is 1. The number of carbonyl (C=O) groups excluding carboxylic acids is 1. The highest BCUT2D eigenvalue weighted by Crippen LogP contribution is 2.34. The number of rotatable bonds is 4. The lowest BCUT2D eigenvalue weighted by Crippen LogP contribution is -2.38. The molecule has 0 spiro atoms. The number of carbonyl (C=O) groups is 1. The van der Waals surface area contributed by atoms with E-state index in [9.17, 15) is 4.79 Å². The van der Waals surface area contributed by atoms with E-state index in [2.05, 4.69) is 31.8 Å². The summed E-state index contributed by atoms with van der Waals surface area (Å²) in [5.74, 6) is -0.185. The molecule has 0 fully saturated rings. The summed E-state index contributed by atoms with van der Waals surface area (Å²) in [4.78, 5) is 11.8. The first-order valence-corrected chi connectivity index (χ1v) is 9.58. The third-order valence-electron chi connectivity index (χ3n) is 3.16. The first-order chi connectivity index (χ1) is 7.88. The van der Waals surface area contributed by atoms with Crippen molar-refractivity contribution in [3.8, 4) is 0 Å². The van der Waals surface area contributed by atoms with E-state index in [-0.39, 0.29) is 11.9 Å². The molecular formula is C14H22O2Si. The van der Waals surface area contributed by atoms with Gasteiger partial charge in [-0.3, -0.25) is 4.79 Å². The van der Waals surface area contributed by atoms with E-state index in [0.29, 0.717) is 5.54 Å². The Kier molecular flexibility index (Phi) is 4.51. The van der Waals surface area contributed by atoms with Crippen LogP contribution in [-0.2, 0) is 9.53 Å². The predicted molar refractivity (Wildman–Crippen MR) is 73.7 cm³/mol. The van der Waals surface area contributed by atoms with Crippen molar-refractivity contribution in [2.24, 2.45) is 5.92 Å². The van der Waals surface area contributed by atoms with Crippen molar-refractivity contribution < 1.29 is 9.53 Å². The molecule has 0 aliphatic rings. The fraction of sp³-hybridized carbons (Fsp3) is 0.500. The van der Waals surface area contributed by atoms with Crippen molar-refractivity contribution >= 4 is 14.0 Å². The van der Waals surface area contributed by atoms with Crippen LogP contribution in [0.1, 0.15) is 18.0 Å². The number of benzene rings is 1. The van der Waals surface area contributed by atoms with Crippen molar-refractivity contribution in [1.82, 2.24) is 0 Å². The quantitative estimate of drug-likeness (QED) is 0.604. The average molecular weight is 250 g/mol. The van der Waals surface area contributed by atoms with Crippen molar-refractivity contribution in [2.75, 3.05) is 7.11 Å². The third-order valence-corrected chi connectivity index (χ3v) is 5.86. The van der Waals surface area contributed by atoms with Gasteiger partial charge in [0, 0.05) is 0 Å². The molecule has 0 aromatic heterocycles. The first-order valence-electron chi connectivity index (χ1n) is 6.00. The van der Waals surface area contributed by atoms with Crippen LogP contribution in [0.4, 0.5) is 0 Å². The molecule has 1 rings (SSSR count). The van der Waals surface area contributed by atoms with Crippen molar-refractivity contribution in [3.05, 3.63) is 35.9 Å². The van der Waals surface area contributed by atoms with Gasteiger partial charge < -0.3 is 4.74 Å². The van der Waals surface area contributed by atoms with E-state index in [1.807, 2.05) is 25.1 Å². The van der Waals surface area contributed by atoms with E-state index >= 15 is 0 Å². The Balaban J connectivity index is 3.10. The molecule has 0 radical (unpaired) electrons. The summed E-state index contributed by atoms with van der Waals surface area (Å²) in [5, 5.41) is 0. The molecule has 1 aromatic carbocycles. The molecule has 0 amide bonds. The number of methoxy groups -OCH3 is 1. The maximum Gasteiger partial charge on any atom is 0.308 e. The SMILES string of the molecule is COC(=O)[C@@H](C)[C@H](c1ccccc1)[Si](C)(C)C. The summed E-state index contributed by atoms with van der Waals surface area (Å²) >= 11 is 0. The molecule has 0 saturated heterocycles. The summed E-state index contributed by atoms with van der Waals surface area (Å²) in [6.07, 6.45) is 0. The van der Waals surface area contributed by atoms with Gasteiger partial charge in [0.2, 0.25) is 0 Å². The topological polar surface area (TPSA) is 26.3 Å². The minimum Gasteiger partial charge on any atom is -0.469 e. The van der Waals surface area contributed by atoms with E-state index in [1.165, 1.54) is 12.7 Å². The zero-order valence-electron chi connectivity index (χ0n) is 11.4. The van der Waals surface area contributed by atoms with Gasteiger partial charge in [-0.25, -0.2) is 0 Å². The molecule has 0 heterocycles. The van der Waals surface area contributed by atoms with Gasteiger partial charge in [0.05, 0.1) is 21.1 Å². The van der Waals surface area contributed by atoms with E-state index in [1.54, 1.807) is 0 Å². The van der Waals surface area contributed by atoms with Crippen LogP contribution in [-0.4, -0.2) is 21.2 Å². The zero-order chi connectivity index (χ0) is 13.1. The van der Waals surface area contributed by atoms with Crippen LogP contribution in [0.5, 0.6) is 0 Å². The standard InChI is InChI=1S/C14H22O2Si/c1-11(14(15)16-2)13(17(3,4)5)12-9-7-6-8-10-12/h6-11,13H,1-5H3/t11-,13+/m0/s1. The van der Waals surface area contributed by atoms with Gasteiger partial charge in [-0.15, -0.1) is 0 Å². The van der Waals surface area contributed by atoms with Crippen LogP contribution in [0.25, 0.3) is 0 Å². The second-order valence-electron chi connectivity index (χ2n) is 5.57. The summed E-state index contributed by atoms with van der Waals surface area (Å²) in [5.41, 5.74) is 1.56. The zero-order valence-corrected chi connectivity index (χ0v) is 12.4. The normalized spacial score (nSPS) is 15.1. The minimum atomic E-state index is -1.47. The van der Waals surface area contributed by atoms with Gasteiger partial charge in [-0.2, -0.15) is 0 Å². The lowest BCUT2D eigenvalue weighted by molar-refractivity contribution is -0.145. The number of hydrogen-bond acceptors (Lipinski definition) is 2. The first kappa shape index (κ1) is 14.0. The molecule has 0 bridgehead atoms. The lowest BCUT2D eigenvalue weighted by atomic mass is 10.0. The summed E-state index contributed by atoms with van der Waals surface area (Å²) in [6, 6.07) is 10.3. The number of esters is 1. The second-order valence-corrected chi connectivity index (χ2v) is 10.9. The summed E-state index contributed by atoms with van der Waals surface area (Å²) in [6.45, 7) is 8.86. The molecule has 2 nitrogen and oxygen atoms in total. The minimum absolute atomic E-state index is 0.0749. The van der Waals surface area contributed by atoms with Crippen LogP contribution in [0.2, 0.25) is 19.6 Å². The monoisotopic (exact) mass is 250 g/mol. The second kappa shape index (κ2) is 5.49. The molecule has 0 aliphatic heterocycles. The van der Waals surface area contributed by atoms with Crippen molar-refractivity contribution in [3.63, 3.8) is 0 Å². The summed E-state index contributed by atoms with van der Waals surface area (Å²) < 4.78 is 4.89. The number of hydrogen-bond donors (Lipinski definition) is 0. The van der Waals surface area contributed by atoms with E-state index in [4.69, 9.17) is 4.74 Å². The average Bonchev–Trinajstić information content (AvgIpc) is 2.27. The smallest absolute Gasteiger partial charge is 0.308 e. The molecule has 17 heavy (non-hydrogen) atoms. The predicted octanol–water partition coefficient (Wildman–Crippen LogP) is 3.46. The molecule has 3 heteroatoms. The van der Waals surface area contributed by atoms with Gasteiger partial charge in [0.1, 0.15) is 0 Å². The van der Waals surface area contributed by atoms with Crippen molar-refractivity contribution in [1.29, 1.82) is 0 Å². The van der Waals surface area contributed by atoms with Gasteiger partial charge in [-0.05, 0) is 11.1 Å². The molecule has 2 atom stereocenters. The highest BCUT2D eigenvalue weighted by atomic mass is 28.3. The Hall–Kier alpha value is -1.09. The van der Waals surface area contributed by atoms with Crippen LogP contribution in [0.15, 0.2) is 30.3 Å². The molecule has 0 aliphatic carbocycles. The molecule has 0 unspecified atom stereocenters. The fourth-order valence-electron chi connectivity index (χ4n) is 2.52. The van der Waals surface area contributed by atoms with Gasteiger partial charge in [-0.1, -0.05) is 56.9 Å². The van der Waals surface area contributed by atoms with Gasteiger partial charge in [0.25, 0.3) is 0 Å². The van der Waals surface area contributed by atoms with Crippen LogP contribution >= 0.6 is 0 Å². The highest BCUT2D eigenvalue weighted by Gasteiger charge is 2.36. The lowest BCUT2D eigenvalue weighted by Gasteiger charge is -2.33. The Morgan fingerprint density at radius 2 is 1.71 bits per heavy atom. The molecule has 1 aromatic rings. The molecule has 0 N–H and O–H groups in total. The summed E-state index contributed by atoms with van der Waals surface area (Å²) in [7, 11) is -0.00704. The van der Waals surface area contributed by atoms with Crippen LogP contribution in [0.3, 0.4) is 0 Å². The van der Waals surface area contributed by atoms with Crippen molar-refractivity contribution in [2.45, 2.75) is 32.1 Å².